The summed E-state index contributed by atoms with van der Waals surface area (Å²) in [4.78, 5) is 7.04. The third kappa shape index (κ3) is 2.38. The van der Waals surface area contributed by atoms with E-state index in [1.165, 1.54) is 3.58 Å². The van der Waals surface area contributed by atoms with Crippen LogP contribution in [0.2, 0.25) is 14.8 Å². The number of rotatable bonds is 1. The fourth-order valence-corrected chi connectivity index (χ4v) is 6.89. The average Bonchev–Trinajstić information content (AvgIpc) is 2.34. The SMILES string of the molecule is [CH3][Sn]([CH3])([CH3])[c]1ccc2c(c1)CS(=O)(=O)C2. The molecule has 0 radical (unpaired) electrons. The molecule has 0 N–H and O–H groups in total. The first-order valence-electron chi connectivity index (χ1n) is 5.11. The van der Waals surface area contributed by atoms with Crippen molar-refractivity contribution in [3.05, 3.63) is 29.3 Å². The molecule has 1 aliphatic heterocycles. The first-order valence-corrected chi connectivity index (χ1v) is 16.9. The van der Waals surface area contributed by atoms with E-state index in [1.807, 2.05) is 6.07 Å². The number of sulfone groups is 1. The van der Waals surface area contributed by atoms with Gasteiger partial charge in [0.1, 0.15) is 0 Å². The molecule has 0 spiro atoms. The molecule has 1 heterocycles. The van der Waals surface area contributed by atoms with Gasteiger partial charge in [0.2, 0.25) is 0 Å². The molecule has 0 saturated heterocycles. The van der Waals surface area contributed by atoms with Crippen LogP contribution in [0, 0.1) is 0 Å². The van der Waals surface area contributed by atoms with Crippen molar-refractivity contribution in [2.45, 2.75) is 26.3 Å². The van der Waals surface area contributed by atoms with E-state index < -0.39 is 28.2 Å². The molecule has 1 aromatic rings. The zero-order valence-electron chi connectivity index (χ0n) is 9.37. The first kappa shape index (κ1) is 11.5. The number of benzene rings is 1. The van der Waals surface area contributed by atoms with E-state index >= 15 is 0 Å². The molecular weight excluding hydrogens is 315 g/mol. The Balaban J connectivity index is 2.48. The van der Waals surface area contributed by atoms with Gasteiger partial charge < -0.3 is 0 Å². The Morgan fingerprint density at radius 3 is 2.27 bits per heavy atom. The van der Waals surface area contributed by atoms with Gasteiger partial charge in [0.15, 0.2) is 0 Å². The predicted molar refractivity (Wildman–Crippen MR) is 65.7 cm³/mol. The second-order valence-electron chi connectivity index (χ2n) is 5.27. The molecule has 0 aliphatic carbocycles. The van der Waals surface area contributed by atoms with Crippen LogP contribution in [0.5, 0.6) is 0 Å². The summed E-state index contributed by atoms with van der Waals surface area (Å²) in [6, 6.07) is 6.28. The minimum absolute atomic E-state index is 0.238. The van der Waals surface area contributed by atoms with Crippen molar-refractivity contribution < 1.29 is 8.42 Å². The molecule has 1 aromatic carbocycles. The molecule has 2 rings (SSSR count). The monoisotopic (exact) mass is 332 g/mol. The standard InChI is InChI=1S/C8H7O2S.3CH3.Sn/c9-11(10)5-7-3-1-2-4-8(7)6-11;;;;/h1,3-4H,5-6H2;3*1H3;. The van der Waals surface area contributed by atoms with Gasteiger partial charge in [-0.15, -0.1) is 0 Å². The van der Waals surface area contributed by atoms with Crippen molar-refractivity contribution in [1.82, 2.24) is 0 Å². The first-order chi connectivity index (χ1) is 6.78. The quantitative estimate of drug-likeness (QED) is 0.734. The Labute approximate surface area is 95.5 Å². The Bertz CT molecular complexity index is 498. The molecule has 4 heteroatoms. The maximum atomic E-state index is 11.5. The molecular formula is C11H16O2SSn. The van der Waals surface area contributed by atoms with Gasteiger partial charge in [-0.05, 0) is 0 Å². The topological polar surface area (TPSA) is 34.1 Å². The zero-order valence-corrected chi connectivity index (χ0v) is 13.0. The molecule has 1 aliphatic rings. The predicted octanol–water partition coefficient (Wildman–Crippen LogP) is 1.66. The third-order valence-electron chi connectivity index (χ3n) is 2.82. The van der Waals surface area contributed by atoms with Gasteiger partial charge in [-0.25, -0.2) is 0 Å². The van der Waals surface area contributed by atoms with Crippen LogP contribution in [0.1, 0.15) is 11.1 Å². The molecule has 0 fully saturated rings. The summed E-state index contributed by atoms with van der Waals surface area (Å²) in [5.41, 5.74) is 2.05. The minimum atomic E-state index is -2.84. The number of hydrogen-bond donors (Lipinski definition) is 0. The van der Waals surface area contributed by atoms with Crippen LogP contribution in [-0.4, -0.2) is 26.8 Å². The van der Waals surface area contributed by atoms with Crippen molar-refractivity contribution in [3.8, 4) is 0 Å². The van der Waals surface area contributed by atoms with Gasteiger partial charge >= 0.3 is 95.9 Å². The Hall–Kier alpha value is -0.0313. The van der Waals surface area contributed by atoms with E-state index in [0.29, 0.717) is 0 Å². The van der Waals surface area contributed by atoms with Crippen LogP contribution < -0.4 is 3.58 Å². The molecule has 0 amide bonds. The van der Waals surface area contributed by atoms with E-state index in [1.54, 1.807) is 0 Å². The second kappa shape index (κ2) is 3.48. The van der Waals surface area contributed by atoms with Crippen molar-refractivity contribution >= 4 is 31.8 Å². The molecule has 0 atom stereocenters. The summed E-state index contributed by atoms with van der Waals surface area (Å²) in [7, 11) is -2.84. The van der Waals surface area contributed by atoms with E-state index in [2.05, 4.69) is 27.0 Å². The summed E-state index contributed by atoms with van der Waals surface area (Å²) in [6.07, 6.45) is 0. The zero-order chi connectivity index (χ0) is 11.3. The van der Waals surface area contributed by atoms with Gasteiger partial charge in [0.25, 0.3) is 0 Å². The second-order valence-corrected chi connectivity index (χ2v) is 21.8. The summed E-state index contributed by atoms with van der Waals surface area (Å²) >= 11 is -2.04. The van der Waals surface area contributed by atoms with Gasteiger partial charge in [-0.3, -0.25) is 0 Å². The summed E-state index contributed by atoms with van der Waals surface area (Å²) in [5, 5.41) is 0. The third-order valence-corrected chi connectivity index (χ3v) is 10.2. The van der Waals surface area contributed by atoms with Crippen molar-refractivity contribution in [3.63, 3.8) is 0 Å². The van der Waals surface area contributed by atoms with E-state index in [9.17, 15) is 8.42 Å². The fourth-order valence-electron chi connectivity index (χ4n) is 1.89. The molecule has 0 bridgehead atoms. The maximum absolute atomic E-state index is 11.5. The summed E-state index contributed by atoms with van der Waals surface area (Å²) in [5.74, 6) is 0.487. The van der Waals surface area contributed by atoms with Crippen LogP contribution in [0.4, 0.5) is 0 Å². The number of hydrogen-bond acceptors (Lipinski definition) is 2. The fraction of sp³-hybridized carbons (Fsp3) is 0.455. The summed E-state index contributed by atoms with van der Waals surface area (Å²) in [6.45, 7) is 0. The van der Waals surface area contributed by atoms with E-state index in [-0.39, 0.29) is 11.5 Å². The molecule has 82 valence electrons. The van der Waals surface area contributed by atoms with Crippen LogP contribution in [0.15, 0.2) is 18.2 Å². The molecule has 15 heavy (non-hydrogen) atoms. The Morgan fingerprint density at radius 2 is 1.67 bits per heavy atom. The van der Waals surface area contributed by atoms with Crippen LogP contribution >= 0.6 is 0 Å². The van der Waals surface area contributed by atoms with Gasteiger partial charge in [-0.2, -0.15) is 0 Å². The summed E-state index contributed by atoms with van der Waals surface area (Å²) < 4.78 is 24.3. The van der Waals surface area contributed by atoms with E-state index in [0.717, 1.165) is 11.1 Å². The van der Waals surface area contributed by atoms with Gasteiger partial charge in [-0.1, -0.05) is 0 Å². The van der Waals surface area contributed by atoms with Crippen molar-refractivity contribution in [2.24, 2.45) is 0 Å². The van der Waals surface area contributed by atoms with E-state index in [4.69, 9.17) is 0 Å². The molecule has 2 nitrogen and oxygen atoms in total. The van der Waals surface area contributed by atoms with Gasteiger partial charge in [0, 0.05) is 0 Å². The van der Waals surface area contributed by atoms with Crippen LogP contribution in [-0.2, 0) is 21.3 Å². The van der Waals surface area contributed by atoms with Gasteiger partial charge in [0.05, 0.1) is 0 Å². The Morgan fingerprint density at radius 1 is 1.07 bits per heavy atom. The average molecular weight is 331 g/mol. The number of fused-ring (bicyclic) bond motifs is 1. The van der Waals surface area contributed by atoms with Crippen LogP contribution in [0.3, 0.4) is 0 Å². The molecule has 0 aromatic heterocycles. The van der Waals surface area contributed by atoms with Crippen LogP contribution in [0.25, 0.3) is 0 Å². The normalized spacial score (nSPS) is 18.9. The molecule has 0 unspecified atom stereocenters. The molecule has 0 saturated carbocycles. The van der Waals surface area contributed by atoms with Crippen molar-refractivity contribution in [1.29, 1.82) is 0 Å². The van der Waals surface area contributed by atoms with Crippen molar-refractivity contribution in [2.75, 3.05) is 0 Å². The Kier molecular flexibility index (Phi) is 2.66.